The first-order valence-corrected chi connectivity index (χ1v) is 5.03. The van der Waals surface area contributed by atoms with Crippen molar-refractivity contribution < 1.29 is 13.9 Å². The fraction of sp³-hybridized carbons (Fsp3) is 0.455. The van der Waals surface area contributed by atoms with Gasteiger partial charge in [0.2, 0.25) is 5.95 Å². The molecule has 4 heteroatoms. The highest BCUT2D eigenvalue weighted by molar-refractivity contribution is 5.89. The highest BCUT2D eigenvalue weighted by Crippen LogP contribution is 2.05. The van der Waals surface area contributed by atoms with E-state index in [2.05, 4.69) is 11.9 Å². The van der Waals surface area contributed by atoms with Gasteiger partial charge in [0.25, 0.3) is 0 Å². The predicted molar refractivity (Wildman–Crippen MR) is 54.0 cm³/mol. The topological polar surface area (TPSA) is 39.2 Å². The maximum atomic E-state index is 13.0. The molecule has 1 heterocycles. The van der Waals surface area contributed by atoms with Crippen LogP contribution in [0.25, 0.3) is 0 Å². The first kappa shape index (κ1) is 11.6. The Bertz CT molecular complexity index is 328. The summed E-state index contributed by atoms with van der Waals surface area (Å²) in [5.41, 5.74) is -0.103. The minimum atomic E-state index is -0.780. The van der Waals surface area contributed by atoms with E-state index < -0.39 is 11.9 Å². The van der Waals surface area contributed by atoms with Crippen molar-refractivity contribution in [2.45, 2.75) is 26.2 Å². The molecule has 0 amide bonds. The zero-order valence-corrected chi connectivity index (χ0v) is 8.70. The Hall–Kier alpha value is -1.45. The standard InChI is InChI=1S/C11H14FNO2/c1-2-3-4-8-15-11(14)9-6-5-7-13-10(9)12/h5-7H,2-4,8H2,1H3. The van der Waals surface area contributed by atoms with Crippen LogP contribution in [0, 0.1) is 5.95 Å². The summed E-state index contributed by atoms with van der Waals surface area (Å²) in [5.74, 6) is -1.42. The summed E-state index contributed by atoms with van der Waals surface area (Å²) in [6, 6.07) is 2.87. The van der Waals surface area contributed by atoms with Crippen LogP contribution >= 0.6 is 0 Å². The predicted octanol–water partition coefficient (Wildman–Crippen LogP) is 2.57. The van der Waals surface area contributed by atoms with Crippen LogP contribution in [0.4, 0.5) is 4.39 Å². The van der Waals surface area contributed by atoms with Crippen LogP contribution in [0.5, 0.6) is 0 Å². The van der Waals surface area contributed by atoms with Crippen LogP contribution in [0.15, 0.2) is 18.3 Å². The number of unbranched alkanes of at least 4 members (excludes halogenated alkanes) is 2. The smallest absolute Gasteiger partial charge is 0.342 e. The van der Waals surface area contributed by atoms with Crippen LogP contribution in [0.2, 0.25) is 0 Å². The number of nitrogens with zero attached hydrogens (tertiary/aromatic N) is 1. The van der Waals surface area contributed by atoms with Gasteiger partial charge in [-0.3, -0.25) is 0 Å². The zero-order valence-electron chi connectivity index (χ0n) is 8.70. The molecule has 0 aromatic carbocycles. The Balaban J connectivity index is 2.44. The SMILES string of the molecule is CCCCCOC(=O)c1cccnc1F. The Labute approximate surface area is 88.3 Å². The number of esters is 1. The fourth-order valence-corrected chi connectivity index (χ4v) is 1.13. The third-order valence-corrected chi connectivity index (χ3v) is 1.96. The van der Waals surface area contributed by atoms with Crippen molar-refractivity contribution in [3.63, 3.8) is 0 Å². The molecule has 0 saturated heterocycles. The van der Waals surface area contributed by atoms with Gasteiger partial charge in [0, 0.05) is 6.20 Å². The molecular weight excluding hydrogens is 197 g/mol. The third kappa shape index (κ3) is 3.65. The second kappa shape index (κ2) is 6.11. The number of carbonyl (C=O) groups is 1. The fourth-order valence-electron chi connectivity index (χ4n) is 1.13. The van der Waals surface area contributed by atoms with Crippen LogP contribution < -0.4 is 0 Å². The number of carbonyl (C=O) groups excluding carboxylic acids is 1. The van der Waals surface area contributed by atoms with Crippen molar-refractivity contribution in [3.8, 4) is 0 Å². The number of ether oxygens (including phenoxy) is 1. The summed E-state index contributed by atoms with van der Waals surface area (Å²) in [5, 5.41) is 0. The number of aromatic nitrogens is 1. The summed E-state index contributed by atoms with van der Waals surface area (Å²) in [6.07, 6.45) is 4.16. The Morgan fingerprint density at radius 1 is 1.53 bits per heavy atom. The van der Waals surface area contributed by atoms with Crippen molar-refractivity contribution in [3.05, 3.63) is 29.8 Å². The Kier molecular flexibility index (Phi) is 4.74. The molecule has 0 saturated carbocycles. The van der Waals surface area contributed by atoms with Crippen molar-refractivity contribution in [2.24, 2.45) is 0 Å². The average Bonchev–Trinajstić information content (AvgIpc) is 2.25. The number of rotatable bonds is 5. The van der Waals surface area contributed by atoms with E-state index in [1.807, 2.05) is 0 Å². The van der Waals surface area contributed by atoms with E-state index >= 15 is 0 Å². The highest BCUT2D eigenvalue weighted by Gasteiger charge is 2.12. The highest BCUT2D eigenvalue weighted by atomic mass is 19.1. The first-order valence-electron chi connectivity index (χ1n) is 5.03. The van der Waals surface area contributed by atoms with Crippen LogP contribution in [-0.2, 0) is 4.74 Å². The van der Waals surface area contributed by atoms with Gasteiger partial charge in [-0.15, -0.1) is 0 Å². The van der Waals surface area contributed by atoms with E-state index in [9.17, 15) is 9.18 Å². The van der Waals surface area contributed by atoms with E-state index in [-0.39, 0.29) is 5.56 Å². The summed E-state index contributed by atoms with van der Waals surface area (Å²) < 4.78 is 17.9. The quantitative estimate of drug-likeness (QED) is 0.427. The molecule has 3 nitrogen and oxygen atoms in total. The Morgan fingerprint density at radius 3 is 3.00 bits per heavy atom. The van der Waals surface area contributed by atoms with Gasteiger partial charge >= 0.3 is 5.97 Å². The lowest BCUT2D eigenvalue weighted by molar-refractivity contribution is 0.0491. The van der Waals surface area contributed by atoms with Gasteiger partial charge in [-0.1, -0.05) is 19.8 Å². The molecule has 0 bridgehead atoms. The van der Waals surface area contributed by atoms with Gasteiger partial charge in [0.15, 0.2) is 0 Å². The van der Waals surface area contributed by atoms with Crippen molar-refractivity contribution in [1.29, 1.82) is 0 Å². The third-order valence-electron chi connectivity index (χ3n) is 1.96. The average molecular weight is 211 g/mol. The lowest BCUT2D eigenvalue weighted by Gasteiger charge is -2.04. The molecule has 0 radical (unpaired) electrons. The van der Waals surface area contributed by atoms with Gasteiger partial charge in [0.05, 0.1) is 6.61 Å². The molecule has 0 aliphatic rings. The Morgan fingerprint density at radius 2 is 2.33 bits per heavy atom. The van der Waals surface area contributed by atoms with E-state index in [0.29, 0.717) is 6.61 Å². The maximum Gasteiger partial charge on any atom is 0.342 e. The largest absolute Gasteiger partial charge is 0.462 e. The minimum absolute atomic E-state index is 0.103. The van der Waals surface area contributed by atoms with E-state index in [1.54, 1.807) is 0 Å². The lowest BCUT2D eigenvalue weighted by Crippen LogP contribution is -2.09. The van der Waals surface area contributed by atoms with Crippen molar-refractivity contribution >= 4 is 5.97 Å². The normalized spacial score (nSPS) is 10.0. The molecule has 1 aromatic heterocycles. The first-order chi connectivity index (χ1) is 7.25. The molecule has 0 fully saturated rings. The number of hydrogen-bond donors (Lipinski definition) is 0. The molecule has 0 aliphatic heterocycles. The molecule has 0 aliphatic carbocycles. The zero-order chi connectivity index (χ0) is 11.1. The molecule has 1 rings (SSSR count). The molecule has 1 aromatic rings. The number of halogens is 1. The minimum Gasteiger partial charge on any atom is -0.462 e. The molecule has 15 heavy (non-hydrogen) atoms. The van der Waals surface area contributed by atoms with Crippen molar-refractivity contribution in [1.82, 2.24) is 4.98 Å². The van der Waals surface area contributed by atoms with Gasteiger partial charge in [0.1, 0.15) is 5.56 Å². The molecular formula is C11H14FNO2. The monoisotopic (exact) mass is 211 g/mol. The van der Waals surface area contributed by atoms with E-state index in [4.69, 9.17) is 4.74 Å². The number of hydrogen-bond acceptors (Lipinski definition) is 3. The second-order valence-electron chi connectivity index (χ2n) is 3.18. The summed E-state index contributed by atoms with van der Waals surface area (Å²) >= 11 is 0. The molecule has 0 atom stereocenters. The molecule has 82 valence electrons. The van der Waals surface area contributed by atoms with Crippen LogP contribution in [0.3, 0.4) is 0 Å². The molecule has 0 unspecified atom stereocenters. The number of pyridine rings is 1. The molecule has 0 N–H and O–H groups in total. The summed E-state index contributed by atoms with van der Waals surface area (Å²) in [6.45, 7) is 2.39. The maximum absolute atomic E-state index is 13.0. The van der Waals surface area contributed by atoms with Gasteiger partial charge in [-0.2, -0.15) is 4.39 Å². The second-order valence-corrected chi connectivity index (χ2v) is 3.18. The van der Waals surface area contributed by atoms with E-state index in [1.165, 1.54) is 18.3 Å². The molecule has 0 spiro atoms. The van der Waals surface area contributed by atoms with Gasteiger partial charge < -0.3 is 4.74 Å². The van der Waals surface area contributed by atoms with Crippen LogP contribution in [-0.4, -0.2) is 17.6 Å². The summed E-state index contributed by atoms with van der Waals surface area (Å²) in [7, 11) is 0. The van der Waals surface area contributed by atoms with Crippen LogP contribution in [0.1, 0.15) is 36.5 Å². The van der Waals surface area contributed by atoms with Crippen molar-refractivity contribution in [2.75, 3.05) is 6.61 Å². The summed E-state index contributed by atoms with van der Waals surface area (Å²) in [4.78, 5) is 14.7. The lowest BCUT2D eigenvalue weighted by atomic mass is 10.2. The van der Waals surface area contributed by atoms with Gasteiger partial charge in [-0.05, 0) is 18.6 Å². The van der Waals surface area contributed by atoms with Gasteiger partial charge in [-0.25, -0.2) is 9.78 Å². The van der Waals surface area contributed by atoms with E-state index in [0.717, 1.165) is 19.3 Å².